The highest BCUT2D eigenvalue weighted by atomic mass is 31.1. The van der Waals surface area contributed by atoms with Gasteiger partial charge < -0.3 is 9.13 Å². The van der Waals surface area contributed by atoms with Gasteiger partial charge >= 0.3 is 0 Å². The summed E-state index contributed by atoms with van der Waals surface area (Å²) in [6.45, 7) is 0. The number of rotatable bonds is 2. The molecule has 2 atom stereocenters. The van der Waals surface area contributed by atoms with Gasteiger partial charge in [0.1, 0.15) is 27.8 Å². The highest BCUT2D eigenvalue weighted by Crippen LogP contribution is 1.93. The quantitative estimate of drug-likeness (QED) is 0.555. The molecule has 10 heavy (non-hydrogen) atoms. The van der Waals surface area contributed by atoms with Crippen LogP contribution in [0.2, 0.25) is 0 Å². The summed E-state index contributed by atoms with van der Waals surface area (Å²) in [5.74, 6) is 0. The van der Waals surface area contributed by atoms with E-state index in [1.54, 1.807) is 0 Å². The van der Waals surface area contributed by atoms with E-state index in [0.717, 1.165) is 0 Å². The second-order valence-corrected chi connectivity index (χ2v) is 3.13. The molecule has 0 N–H and O–H groups in total. The molecule has 54 valence electrons. The van der Waals surface area contributed by atoms with Gasteiger partial charge in [0.2, 0.25) is 0 Å². The van der Waals surface area contributed by atoms with E-state index >= 15 is 0 Å². The van der Waals surface area contributed by atoms with Crippen LogP contribution in [0.1, 0.15) is 0 Å². The summed E-state index contributed by atoms with van der Waals surface area (Å²) in [4.78, 5) is 7.50. The van der Waals surface area contributed by atoms with Crippen molar-refractivity contribution in [2.24, 2.45) is 0 Å². The number of hydrogen-bond donors (Lipinski definition) is 0. The Morgan fingerprint density at radius 1 is 1.00 bits per heavy atom. The molecule has 0 spiro atoms. The fourth-order valence-electron chi connectivity index (χ4n) is 0.541. The van der Waals surface area contributed by atoms with Gasteiger partial charge in [-0.1, -0.05) is 0 Å². The summed E-state index contributed by atoms with van der Waals surface area (Å²) in [7, 11) is -2.22. The van der Waals surface area contributed by atoms with Gasteiger partial charge in [-0.15, -0.1) is 0 Å². The molecule has 0 saturated carbocycles. The predicted molar refractivity (Wildman–Crippen MR) is 42.1 cm³/mol. The average Bonchev–Trinajstić information content (AvgIpc) is 2.04. The first kappa shape index (κ1) is 7.64. The third kappa shape index (κ3) is 1.53. The molecular weight excluding hydrogens is 170 g/mol. The largest absolute Gasteiger partial charge is 0.324 e. The van der Waals surface area contributed by atoms with Crippen molar-refractivity contribution in [3.63, 3.8) is 0 Å². The molecule has 0 aliphatic rings. The Kier molecular flexibility index (Phi) is 2.79. The van der Waals surface area contributed by atoms with E-state index in [9.17, 15) is 9.13 Å². The van der Waals surface area contributed by atoms with Crippen molar-refractivity contribution in [3.05, 3.63) is 12.4 Å². The minimum atomic E-state index is -1.11. The normalized spacial score (nSPS) is 12.0. The molecule has 0 aromatic carbocycles. The van der Waals surface area contributed by atoms with Crippen molar-refractivity contribution in [2.75, 3.05) is 0 Å². The van der Waals surface area contributed by atoms with Crippen LogP contribution in [0.4, 0.5) is 0 Å². The fourth-order valence-corrected chi connectivity index (χ4v) is 1.63. The fraction of sp³-hybridized carbons (Fsp3) is 0. The van der Waals surface area contributed by atoms with Gasteiger partial charge in [0.15, 0.2) is 0 Å². The maximum absolute atomic E-state index is 10.4. The van der Waals surface area contributed by atoms with Crippen molar-refractivity contribution in [1.29, 1.82) is 0 Å². The second kappa shape index (κ2) is 3.65. The van der Waals surface area contributed by atoms with Crippen LogP contribution in [0.15, 0.2) is 12.4 Å². The van der Waals surface area contributed by atoms with E-state index in [1.807, 2.05) is 0 Å². The lowest BCUT2D eigenvalue weighted by atomic mass is 10.8. The Labute approximate surface area is 60.1 Å². The van der Waals surface area contributed by atoms with E-state index in [1.165, 1.54) is 12.4 Å². The zero-order chi connectivity index (χ0) is 7.40. The highest BCUT2D eigenvalue weighted by molar-refractivity contribution is 7.41. The van der Waals surface area contributed by atoms with Crippen LogP contribution < -0.4 is 10.9 Å². The minimum absolute atomic E-state index is 0.382. The first-order valence-electron chi connectivity index (χ1n) is 2.60. The molecule has 0 aliphatic carbocycles. The zero-order valence-electron chi connectivity index (χ0n) is 5.02. The third-order valence-corrected chi connectivity index (χ3v) is 2.65. The lowest BCUT2D eigenvalue weighted by molar-refractivity contribution is 0.600. The minimum Gasteiger partial charge on any atom is -0.324 e. The van der Waals surface area contributed by atoms with Gasteiger partial charge in [-0.3, -0.25) is 0 Å². The topological polar surface area (TPSA) is 59.9 Å². The van der Waals surface area contributed by atoms with Gasteiger partial charge in [0.25, 0.3) is 0 Å². The van der Waals surface area contributed by atoms with Crippen LogP contribution in [-0.2, 0) is 9.13 Å². The molecular formula is C4H6N2O2P2. The van der Waals surface area contributed by atoms with Crippen LogP contribution in [0.25, 0.3) is 0 Å². The Bertz CT molecular complexity index is 238. The molecule has 0 amide bonds. The van der Waals surface area contributed by atoms with Crippen molar-refractivity contribution >= 4 is 27.8 Å². The van der Waals surface area contributed by atoms with Gasteiger partial charge in [-0.25, -0.2) is 9.97 Å². The summed E-state index contributed by atoms with van der Waals surface area (Å²) in [5.41, 5.74) is 0.764. The highest BCUT2D eigenvalue weighted by Gasteiger charge is 1.97. The lowest BCUT2D eigenvalue weighted by Gasteiger charge is -1.90. The summed E-state index contributed by atoms with van der Waals surface area (Å²) in [6, 6.07) is 0. The van der Waals surface area contributed by atoms with Gasteiger partial charge in [0, 0.05) is 12.4 Å². The van der Waals surface area contributed by atoms with Gasteiger partial charge in [-0.2, -0.15) is 0 Å². The van der Waals surface area contributed by atoms with Crippen LogP contribution in [0.5, 0.6) is 0 Å². The number of hydrogen-bond acceptors (Lipinski definition) is 4. The molecule has 6 heteroatoms. The van der Waals surface area contributed by atoms with Crippen LogP contribution >= 0.6 is 16.9 Å². The van der Waals surface area contributed by atoms with Gasteiger partial charge in [0.05, 0.1) is 0 Å². The Hall–Kier alpha value is -0.460. The van der Waals surface area contributed by atoms with E-state index in [4.69, 9.17) is 0 Å². The van der Waals surface area contributed by atoms with E-state index in [-0.39, 0.29) is 0 Å². The standard InChI is InChI=1S/C4H6N2O2P2/c7-9-3-4(10-8)6-2-1-5-3/h1-2H,9-10H2. The first-order chi connectivity index (χ1) is 4.88. The average molecular weight is 176 g/mol. The Morgan fingerprint density at radius 2 is 1.40 bits per heavy atom. The zero-order valence-corrected chi connectivity index (χ0v) is 7.33. The summed E-state index contributed by atoms with van der Waals surface area (Å²) in [6.07, 6.45) is 2.89. The summed E-state index contributed by atoms with van der Waals surface area (Å²) >= 11 is 0. The van der Waals surface area contributed by atoms with Crippen LogP contribution in [-0.4, -0.2) is 9.97 Å². The molecule has 1 aromatic heterocycles. The second-order valence-electron chi connectivity index (χ2n) is 1.56. The molecule has 0 fully saturated rings. The SMILES string of the molecule is O=[PH2]c1nccnc1[PH2]=O. The Balaban J connectivity index is 3.20. The van der Waals surface area contributed by atoms with Crippen molar-refractivity contribution in [1.82, 2.24) is 9.97 Å². The molecule has 0 bridgehead atoms. The van der Waals surface area contributed by atoms with E-state index in [0.29, 0.717) is 10.9 Å². The molecule has 0 saturated heterocycles. The maximum Gasteiger partial charge on any atom is 0.123 e. The number of nitrogens with zero attached hydrogens (tertiary/aromatic N) is 2. The first-order valence-corrected chi connectivity index (χ1v) is 4.69. The third-order valence-electron chi connectivity index (χ3n) is 0.980. The van der Waals surface area contributed by atoms with Crippen LogP contribution in [0.3, 0.4) is 0 Å². The molecule has 1 rings (SSSR count). The van der Waals surface area contributed by atoms with E-state index < -0.39 is 16.9 Å². The van der Waals surface area contributed by atoms with Crippen molar-refractivity contribution < 1.29 is 9.13 Å². The number of aromatic nitrogens is 2. The smallest absolute Gasteiger partial charge is 0.123 e. The van der Waals surface area contributed by atoms with Crippen molar-refractivity contribution in [2.45, 2.75) is 0 Å². The van der Waals surface area contributed by atoms with E-state index in [2.05, 4.69) is 9.97 Å². The maximum atomic E-state index is 10.4. The molecule has 1 aromatic rings. The monoisotopic (exact) mass is 176 g/mol. The predicted octanol–water partition coefficient (Wildman–Crippen LogP) is -0.760. The molecule has 4 nitrogen and oxygen atoms in total. The molecule has 0 aliphatic heterocycles. The summed E-state index contributed by atoms with van der Waals surface area (Å²) < 4.78 is 20.7. The lowest BCUT2D eigenvalue weighted by Crippen LogP contribution is -2.18. The molecule has 1 heterocycles. The van der Waals surface area contributed by atoms with Gasteiger partial charge in [-0.05, 0) is 0 Å². The Morgan fingerprint density at radius 3 is 1.70 bits per heavy atom. The van der Waals surface area contributed by atoms with Crippen molar-refractivity contribution in [3.8, 4) is 0 Å². The summed E-state index contributed by atoms with van der Waals surface area (Å²) in [5, 5.41) is 0. The molecule has 0 radical (unpaired) electrons. The molecule has 2 unspecified atom stereocenters. The van der Waals surface area contributed by atoms with Crippen LogP contribution in [0, 0.1) is 0 Å².